The molecule has 2 aliphatic carbocycles. The smallest absolute Gasteiger partial charge is 0.120 e. The van der Waals surface area contributed by atoms with Crippen molar-refractivity contribution in [1.29, 1.82) is 0 Å². The molecule has 0 spiro atoms. The minimum absolute atomic E-state index is 0.139. The van der Waals surface area contributed by atoms with Crippen molar-refractivity contribution in [2.45, 2.75) is 40.0 Å². The van der Waals surface area contributed by atoms with Crippen LogP contribution in [0.25, 0.3) is 0 Å². The van der Waals surface area contributed by atoms with E-state index in [0.717, 1.165) is 18.4 Å². The van der Waals surface area contributed by atoms with Crippen molar-refractivity contribution in [3.63, 3.8) is 0 Å². The summed E-state index contributed by atoms with van der Waals surface area (Å²) >= 11 is 0. The number of aliphatic hydroxyl groups excluding tert-OH is 2. The summed E-state index contributed by atoms with van der Waals surface area (Å²) in [4.78, 5) is 0. The van der Waals surface area contributed by atoms with Crippen LogP contribution in [0.1, 0.15) is 40.0 Å². The number of aliphatic hydroxyl groups is 2. The van der Waals surface area contributed by atoms with Crippen molar-refractivity contribution in [2.24, 2.45) is 22.7 Å². The van der Waals surface area contributed by atoms with Gasteiger partial charge < -0.3 is 10.2 Å². The first-order valence-electron chi connectivity index (χ1n) is 7.73. The van der Waals surface area contributed by atoms with Gasteiger partial charge in [0.1, 0.15) is 5.76 Å². The van der Waals surface area contributed by atoms with Gasteiger partial charge in [0.25, 0.3) is 0 Å². The van der Waals surface area contributed by atoms with Crippen LogP contribution in [0, 0.1) is 35.0 Å². The van der Waals surface area contributed by atoms with Crippen molar-refractivity contribution < 1.29 is 10.2 Å². The molecule has 0 saturated heterocycles. The fourth-order valence-corrected chi connectivity index (χ4v) is 4.38. The van der Waals surface area contributed by atoms with E-state index in [0.29, 0.717) is 23.8 Å². The quantitative estimate of drug-likeness (QED) is 0.770. The normalized spacial score (nSPS) is 35.8. The molecule has 2 N–H and O–H groups in total. The van der Waals surface area contributed by atoms with E-state index in [4.69, 9.17) is 6.42 Å². The van der Waals surface area contributed by atoms with Crippen molar-refractivity contribution >= 4 is 0 Å². The van der Waals surface area contributed by atoms with E-state index in [1.165, 1.54) is 0 Å². The minimum Gasteiger partial charge on any atom is -0.508 e. The molecule has 1 saturated carbocycles. The van der Waals surface area contributed by atoms with Crippen LogP contribution in [0.3, 0.4) is 0 Å². The van der Waals surface area contributed by atoms with Gasteiger partial charge in [0.2, 0.25) is 0 Å². The number of fused-ring (bicyclic) bond motifs is 1. The van der Waals surface area contributed by atoms with Crippen LogP contribution in [-0.2, 0) is 0 Å². The summed E-state index contributed by atoms with van der Waals surface area (Å²) in [5.41, 5.74) is 1.07. The molecule has 2 aliphatic rings. The largest absolute Gasteiger partial charge is 0.508 e. The predicted octanol–water partition coefficient (Wildman–Crippen LogP) is 4.00. The van der Waals surface area contributed by atoms with Crippen LogP contribution >= 0.6 is 0 Å². The lowest BCUT2D eigenvalue weighted by Gasteiger charge is -2.53. The maximum atomic E-state index is 10.1. The Hall–Kier alpha value is -1.46. The zero-order valence-corrected chi connectivity index (χ0v) is 13.3. The second-order valence-electron chi connectivity index (χ2n) is 7.01. The summed E-state index contributed by atoms with van der Waals surface area (Å²) in [5.74, 6) is 4.09. The molecule has 0 bridgehead atoms. The molecule has 0 aromatic heterocycles. The average molecular weight is 286 g/mol. The Morgan fingerprint density at radius 2 is 2.19 bits per heavy atom. The Bertz CT molecular complexity index is 546. The van der Waals surface area contributed by atoms with Crippen molar-refractivity contribution in [1.82, 2.24) is 0 Å². The molecule has 114 valence electrons. The molecule has 0 aliphatic heterocycles. The van der Waals surface area contributed by atoms with Crippen molar-refractivity contribution in [2.75, 3.05) is 6.61 Å². The highest BCUT2D eigenvalue weighted by Gasteiger charge is 2.51. The molecular weight excluding hydrogens is 260 g/mol. The van der Waals surface area contributed by atoms with Gasteiger partial charge in [0, 0.05) is 12.2 Å². The average Bonchev–Trinajstić information content (AvgIpc) is 2.41. The molecule has 0 aromatic carbocycles. The standard InChI is InChI=1S/C19H26O2/c1-6-19-8-7-15(13(2)3)18(5,9-10-20)17(19)11-14(4)16(21)12-19/h1,11-13,15,20-21H,4,7-10H2,2-3,5H3. The molecule has 1 fully saturated rings. The molecule has 21 heavy (non-hydrogen) atoms. The van der Waals surface area contributed by atoms with Crippen LogP contribution in [0.5, 0.6) is 0 Å². The van der Waals surface area contributed by atoms with Crippen LogP contribution in [0.15, 0.2) is 35.6 Å². The molecule has 2 rings (SSSR count). The van der Waals surface area contributed by atoms with E-state index in [1.807, 2.05) is 6.08 Å². The molecule has 3 atom stereocenters. The Kier molecular flexibility index (Phi) is 4.08. The maximum absolute atomic E-state index is 10.1. The third-order valence-corrected chi connectivity index (χ3v) is 5.49. The van der Waals surface area contributed by atoms with E-state index < -0.39 is 5.41 Å². The van der Waals surface area contributed by atoms with E-state index in [2.05, 4.69) is 33.3 Å². The highest BCUT2D eigenvalue weighted by atomic mass is 16.3. The molecule has 0 amide bonds. The van der Waals surface area contributed by atoms with Gasteiger partial charge >= 0.3 is 0 Å². The third kappa shape index (κ3) is 2.34. The van der Waals surface area contributed by atoms with Gasteiger partial charge in [-0.05, 0) is 48.2 Å². The minimum atomic E-state index is -0.527. The van der Waals surface area contributed by atoms with Gasteiger partial charge in [-0.3, -0.25) is 0 Å². The Labute approximate surface area is 128 Å². The summed E-state index contributed by atoms with van der Waals surface area (Å²) in [6.07, 6.45) is 12.1. The lowest BCUT2D eigenvalue weighted by molar-refractivity contribution is 0.0712. The molecule has 0 aromatic rings. The fourth-order valence-electron chi connectivity index (χ4n) is 4.38. The molecular formula is C19H26O2. The lowest BCUT2D eigenvalue weighted by atomic mass is 9.50. The van der Waals surface area contributed by atoms with Gasteiger partial charge in [-0.2, -0.15) is 0 Å². The molecule has 2 heteroatoms. The summed E-state index contributed by atoms with van der Waals surface area (Å²) < 4.78 is 0. The summed E-state index contributed by atoms with van der Waals surface area (Å²) in [6, 6.07) is 0. The topological polar surface area (TPSA) is 40.5 Å². The summed E-state index contributed by atoms with van der Waals surface area (Å²) in [5, 5.41) is 19.6. The van der Waals surface area contributed by atoms with E-state index in [1.54, 1.807) is 6.08 Å². The van der Waals surface area contributed by atoms with Crippen LogP contribution in [0.4, 0.5) is 0 Å². The number of allylic oxidation sites excluding steroid dienone is 3. The second kappa shape index (κ2) is 5.39. The number of rotatable bonds is 3. The van der Waals surface area contributed by atoms with Gasteiger partial charge in [-0.25, -0.2) is 0 Å². The highest BCUT2D eigenvalue weighted by molar-refractivity contribution is 5.52. The maximum Gasteiger partial charge on any atom is 0.120 e. The lowest BCUT2D eigenvalue weighted by Crippen LogP contribution is -2.46. The molecule has 0 heterocycles. The van der Waals surface area contributed by atoms with E-state index >= 15 is 0 Å². The first-order chi connectivity index (χ1) is 9.80. The molecule has 0 radical (unpaired) electrons. The molecule has 2 nitrogen and oxygen atoms in total. The van der Waals surface area contributed by atoms with Crippen LogP contribution in [0.2, 0.25) is 0 Å². The van der Waals surface area contributed by atoms with Gasteiger partial charge in [0.05, 0.1) is 5.41 Å². The van der Waals surface area contributed by atoms with Crippen molar-refractivity contribution in [3.05, 3.63) is 35.6 Å². The fraction of sp³-hybridized carbons (Fsp3) is 0.579. The highest BCUT2D eigenvalue weighted by Crippen LogP contribution is 2.59. The third-order valence-electron chi connectivity index (χ3n) is 5.49. The zero-order chi connectivity index (χ0) is 15.8. The first-order valence-corrected chi connectivity index (χ1v) is 7.73. The Balaban J connectivity index is 2.60. The van der Waals surface area contributed by atoms with Gasteiger partial charge in [0.15, 0.2) is 0 Å². The monoisotopic (exact) mass is 286 g/mol. The van der Waals surface area contributed by atoms with Crippen molar-refractivity contribution in [3.8, 4) is 12.3 Å². The van der Waals surface area contributed by atoms with E-state index in [9.17, 15) is 10.2 Å². The number of hydrogen-bond acceptors (Lipinski definition) is 2. The second-order valence-corrected chi connectivity index (χ2v) is 7.01. The zero-order valence-electron chi connectivity index (χ0n) is 13.3. The Morgan fingerprint density at radius 3 is 2.71 bits per heavy atom. The Morgan fingerprint density at radius 1 is 1.52 bits per heavy atom. The first kappa shape index (κ1) is 15.9. The SMILES string of the molecule is C#CC12C=C(O)C(=C)C=C1C(C)(CCO)C(C(C)C)CC2. The van der Waals surface area contributed by atoms with Crippen LogP contribution in [-0.4, -0.2) is 16.8 Å². The predicted molar refractivity (Wildman–Crippen MR) is 86.6 cm³/mol. The molecule has 3 unspecified atom stereocenters. The summed E-state index contributed by atoms with van der Waals surface area (Å²) in [6.45, 7) is 10.7. The van der Waals surface area contributed by atoms with Gasteiger partial charge in [-0.1, -0.05) is 39.3 Å². The van der Waals surface area contributed by atoms with E-state index in [-0.39, 0.29) is 17.8 Å². The summed E-state index contributed by atoms with van der Waals surface area (Å²) in [7, 11) is 0. The van der Waals surface area contributed by atoms with Gasteiger partial charge in [-0.15, -0.1) is 6.42 Å². The number of terminal acetylenes is 1. The number of hydrogen-bond donors (Lipinski definition) is 2. The van der Waals surface area contributed by atoms with Crippen LogP contribution < -0.4 is 0 Å².